The summed E-state index contributed by atoms with van der Waals surface area (Å²) in [4.78, 5) is 9.92. The van der Waals surface area contributed by atoms with E-state index in [9.17, 15) is 9.46 Å². The fourth-order valence-corrected chi connectivity index (χ4v) is 4.48. The number of rotatable bonds is 0. The molecule has 16 heavy (non-hydrogen) atoms. The van der Waals surface area contributed by atoms with Crippen LogP contribution >= 0.6 is 23.5 Å². The molecular weight excluding hydrogens is 291 g/mol. The maximum atomic E-state index is 12.1. The minimum Gasteiger partial charge on any atom is -0.321 e. The number of halogens is 1. The Morgan fingerprint density at radius 1 is 1.31 bits per heavy atom. The van der Waals surface area contributed by atoms with Crippen molar-refractivity contribution in [3.8, 4) is 0 Å². The third-order valence-corrected chi connectivity index (χ3v) is 6.45. The van der Waals surface area contributed by atoms with Gasteiger partial charge in [-0.1, -0.05) is 41.5 Å². The molecule has 0 amide bonds. The van der Waals surface area contributed by atoms with E-state index >= 15 is 0 Å². The van der Waals surface area contributed by atoms with Gasteiger partial charge in [0.2, 0.25) is 0 Å². The Kier molecular flexibility index (Phi) is 3.32. The van der Waals surface area contributed by atoms with Crippen LogP contribution in [0.25, 0.3) is 0 Å². The molecule has 94 valence electrons. The fraction of sp³-hybridized carbons (Fsp3) is 0.818. The highest BCUT2D eigenvalue weighted by Gasteiger charge is 2.53. The van der Waals surface area contributed by atoms with Crippen LogP contribution in [0.15, 0.2) is 11.4 Å². The second kappa shape index (κ2) is 3.68. The van der Waals surface area contributed by atoms with E-state index < -0.39 is 12.1 Å². The Bertz CT molecular complexity index is 376. The molecule has 1 rings (SSSR count). The summed E-state index contributed by atoms with van der Waals surface area (Å²) in [5, 5.41) is 0.479. The first-order valence-corrected chi connectivity index (χ1v) is 7.63. The number of hydrogen-bond acceptors (Lipinski definition) is 2. The van der Waals surface area contributed by atoms with Crippen LogP contribution in [-0.4, -0.2) is 9.40 Å². The average Bonchev–Trinajstić information content (AvgIpc) is 2.19. The van der Waals surface area contributed by atoms with E-state index in [0.717, 1.165) is 0 Å². The van der Waals surface area contributed by atoms with Gasteiger partial charge >= 0.3 is 7.60 Å². The number of allylic oxidation sites excluding steroid dienone is 1. The van der Waals surface area contributed by atoms with Gasteiger partial charge < -0.3 is 4.89 Å². The van der Waals surface area contributed by atoms with Gasteiger partial charge in [-0.15, -0.1) is 0 Å². The molecule has 2 atom stereocenters. The van der Waals surface area contributed by atoms with E-state index in [0.29, 0.717) is 5.31 Å². The number of hydrogen-bond donors (Lipinski definition) is 1. The molecular formula is C11H20BrO3P. The summed E-state index contributed by atoms with van der Waals surface area (Å²) in [7, 11) is -3.68. The van der Waals surface area contributed by atoms with Gasteiger partial charge in [-0.2, -0.15) is 0 Å². The fourth-order valence-electron chi connectivity index (χ4n) is 1.51. The first kappa shape index (κ1) is 14.4. The third kappa shape index (κ3) is 2.45. The molecule has 1 aliphatic heterocycles. The van der Waals surface area contributed by atoms with Gasteiger partial charge in [0.15, 0.2) is 4.51 Å². The van der Waals surface area contributed by atoms with Crippen molar-refractivity contribution >= 4 is 23.5 Å². The molecule has 0 spiro atoms. The molecule has 2 unspecified atom stereocenters. The zero-order valence-electron chi connectivity index (χ0n) is 10.7. The van der Waals surface area contributed by atoms with Crippen LogP contribution in [0.3, 0.4) is 0 Å². The quantitative estimate of drug-likeness (QED) is 0.537. The van der Waals surface area contributed by atoms with Crippen LogP contribution < -0.4 is 0 Å². The van der Waals surface area contributed by atoms with Crippen molar-refractivity contribution < 1.29 is 14.0 Å². The lowest BCUT2D eigenvalue weighted by Crippen LogP contribution is -2.34. The van der Waals surface area contributed by atoms with E-state index in [4.69, 9.17) is 4.52 Å². The molecule has 0 aromatic heterocycles. The molecule has 1 N–H and O–H groups in total. The van der Waals surface area contributed by atoms with Crippen LogP contribution in [0.4, 0.5) is 0 Å². The van der Waals surface area contributed by atoms with Crippen molar-refractivity contribution in [1.29, 1.82) is 0 Å². The van der Waals surface area contributed by atoms with Crippen LogP contribution in [0.5, 0.6) is 0 Å². The van der Waals surface area contributed by atoms with Crippen LogP contribution in [0.1, 0.15) is 41.5 Å². The zero-order valence-corrected chi connectivity index (χ0v) is 13.1. The van der Waals surface area contributed by atoms with Crippen molar-refractivity contribution in [2.24, 2.45) is 10.8 Å². The Morgan fingerprint density at radius 3 is 1.94 bits per heavy atom. The van der Waals surface area contributed by atoms with E-state index in [1.807, 2.05) is 41.5 Å². The first-order valence-electron chi connectivity index (χ1n) is 5.26. The predicted octanol–water partition coefficient (Wildman–Crippen LogP) is 4.27. The second-order valence-corrected chi connectivity index (χ2v) is 9.17. The van der Waals surface area contributed by atoms with Gasteiger partial charge in [0, 0.05) is 10.7 Å². The maximum Gasteiger partial charge on any atom is 0.356 e. The normalized spacial score (nSPS) is 36.4. The van der Waals surface area contributed by atoms with Crippen molar-refractivity contribution in [2.75, 3.05) is 0 Å². The lowest BCUT2D eigenvalue weighted by molar-refractivity contribution is 0.100. The highest BCUT2D eigenvalue weighted by Crippen LogP contribution is 2.69. The van der Waals surface area contributed by atoms with Crippen molar-refractivity contribution in [1.82, 2.24) is 0 Å². The minimum atomic E-state index is -3.68. The molecule has 0 aromatic carbocycles. The van der Waals surface area contributed by atoms with Gasteiger partial charge in [-0.05, 0) is 27.4 Å². The third-order valence-electron chi connectivity index (χ3n) is 2.67. The van der Waals surface area contributed by atoms with E-state index in [1.54, 1.807) is 6.08 Å². The van der Waals surface area contributed by atoms with E-state index in [1.165, 1.54) is 0 Å². The molecule has 0 saturated carbocycles. The maximum absolute atomic E-state index is 12.1. The molecule has 0 bridgehead atoms. The van der Waals surface area contributed by atoms with Gasteiger partial charge in [0.05, 0.1) is 0 Å². The van der Waals surface area contributed by atoms with Crippen LogP contribution in [-0.2, 0) is 9.09 Å². The smallest absolute Gasteiger partial charge is 0.321 e. The standard InChI is InChI=1S/C11H20BrO3P/c1-9(2,3)8-7-11(12,10(4,5)6)15-16(8,13)14/h7H,1-6H3,(H,13,14). The summed E-state index contributed by atoms with van der Waals surface area (Å²) in [6.45, 7) is 11.6. The highest BCUT2D eigenvalue weighted by molar-refractivity contribution is 9.10. The molecule has 0 saturated heterocycles. The topological polar surface area (TPSA) is 46.5 Å². The highest BCUT2D eigenvalue weighted by atomic mass is 79.9. The molecule has 0 radical (unpaired) electrons. The lowest BCUT2D eigenvalue weighted by Gasteiger charge is -2.34. The summed E-state index contributed by atoms with van der Waals surface area (Å²) >= 11 is 3.44. The Labute approximate surface area is 106 Å². The van der Waals surface area contributed by atoms with Crippen molar-refractivity contribution in [3.05, 3.63) is 11.4 Å². The minimum absolute atomic E-state index is 0.293. The predicted molar refractivity (Wildman–Crippen MR) is 69.6 cm³/mol. The Morgan fingerprint density at radius 2 is 1.75 bits per heavy atom. The van der Waals surface area contributed by atoms with E-state index in [2.05, 4.69) is 15.9 Å². The Balaban J connectivity index is 3.29. The van der Waals surface area contributed by atoms with Gasteiger partial charge in [0.25, 0.3) is 0 Å². The van der Waals surface area contributed by atoms with Crippen molar-refractivity contribution in [2.45, 2.75) is 46.1 Å². The van der Waals surface area contributed by atoms with E-state index in [-0.39, 0.29) is 10.8 Å². The summed E-state index contributed by atoms with van der Waals surface area (Å²) in [6.07, 6.45) is 1.76. The Hall–Kier alpha value is 0.370. The molecule has 0 aliphatic carbocycles. The SMILES string of the molecule is CC(C)(C)C1=CC(Br)(C(C)(C)C)OP1(=O)O. The van der Waals surface area contributed by atoms with Gasteiger partial charge in [-0.25, -0.2) is 0 Å². The van der Waals surface area contributed by atoms with Gasteiger partial charge in [0.1, 0.15) is 0 Å². The van der Waals surface area contributed by atoms with Crippen LogP contribution in [0, 0.1) is 10.8 Å². The average molecular weight is 311 g/mol. The van der Waals surface area contributed by atoms with Crippen LogP contribution in [0.2, 0.25) is 0 Å². The summed E-state index contributed by atoms with van der Waals surface area (Å²) < 4.78 is 16.6. The summed E-state index contributed by atoms with van der Waals surface area (Å²) in [5.41, 5.74) is -0.663. The largest absolute Gasteiger partial charge is 0.356 e. The molecule has 0 aromatic rings. The summed E-state index contributed by atoms with van der Waals surface area (Å²) in [5.74, 6) is 0. The summed E-state index contributed by atoms with van der Waals surface area (Å²) in [6, 6.07) is 0. The van der Waals surface area contributed by atoms with Crippen molar-refractivity contribution in [3.63, 3.8) is 0 Å². The molecule has 5 heteroatoms. The molecule has 1 heterocycles. The second-order valence-electron chi connectivity index (χ2n) is 6.29. The molecule has 0 fully saturated rings. The first-order chi connectivity index (χ1) is 6.80. The van der Waals surface area contributed by atoms with Gasteiger partial charge in [-0.3, -0.25) is 9.09 Å². The lowest BCUT2D eigenvalue weighted by atomic mass is 9.86. The number of alkyl halides is 1. The monoisotopic (exact) mass is 310 g/mol. The molecule has 1 aliphatic rings. The zero-order chi connectivity index (χ0) is 13.0. The molecule has 3 nitrogen and oxygen atoms in total.